The quantitative estimate of drug-likeness (QED) is 0.937. The zero-order valence-electron chi connectivity index (χ0n) is 14.3. The van der Waals surface area contributed by atoms with E-state index in [1.807, 2.05) is 24.3 Å². The molecular formula is C19H22N2O3. The van der Waals surface area contributed by atoms with Crippen LogP contribution in [0.4, 0.5) is 0 Å². The Morgan fingerprint density at radius 2 is 1.88 bits per heavy atom. The van der Waals surface area contributed by atoms with Gasteiger partial charge >= 0.3 is 5.97 Å². The summed E-state index contributed by atoms with van der Waals surface area (Å²) >= 11 is 0. The fourth-order valence-electron chi connectivity index (χ4n) is 3.17. The molecule has 1 aliphatic rings. The van der Waals surface area contributed by atoms with Gasteiger partial charge in [0.2, 0.25) is 0 Å². The first kappa shape index (κ1) is 16.4. The summed E-state index contributed by atoms with van der Waals surface area (Å²) < 4.78 is 1.47. The number of nitrogens with zero attached hydrogens (tertiary/aromatic N) is 2. The van der Waals surface area contributed by atoms with Gasteiger partial charge in [-0.1, -0.05) is 45.0 Å². The van der Waals surface area contributed by atoms with Crippen molar-refractivity contribution in [3.8, 4) is 11.3 Å². The molecule has 3 rings (SSSR count). The molecule has 1 aliphatic carbocycles. The van der Waals surface area contributed by atoms with Crippen LogP contribution in [-0.2, 0) is 23.2 Å². The molecule has 0 atom stereocenters. The highest BCUT2D eigenvalue weighted by Gasteiger charge is 2.28. The molecule has 0 bridgehead atoms. The Kier molecular flexibility index (Phi) is 4.03. The minimum Gasteiger partial charge on any atom is -0.480 e. The van der Waals surface area contributed by atoms with Crippen LogP contribution in [0.1, 0.15) is 55.2 Å². The second kappa shape index (κ2) is 5.89. The van der Waals surface area contributed by atoms with Crippen LogP contribution in [0, 0.1) is 0 Å². The molecule has 0 spiro atoms. The number of carboxylic acids is 1. The summed E-state index contributed by atoms with van der Waals surface area (Å²) in [7, 11) is 0. The highest BCUT2D eigenvalue weighted by molar-refractivity contribution is 6.03. The number of carbonyl (C=O) groups is 2. The van der Waals surface area contributed by atoms with Crippen LogP contribution in [-0.4, -0.2) is 26.6 Å². The van der Waals surface area contributed by atoms with E-state index in [0.29, 0.717) is 24.1 Å². The van der Waals surface area contributed by atoms with Gasteiger partial charge in [-0.15, -0.1) is 0 Å². The van der Waals surface area contributed by atoms with E-state index in [1.54, 1.807) is 0 Å². The summed E-state index contributed by atoms with van der Waals surface area (Å²) in [5, 5.41) is 13.6. The first-order valence-corrected chi connectivity index (χ1v) is 8.23. The van der Waals surface area contributed by atoms with Crippen molar-refractivity contribution in [1.29, 1.82) is 0 Å². The number of fused-ring (bicyclic) bond motifs is 1. The Bertz CT molecular complexity index is 795. The second-order valence-corrected chi connectivity index (χ2v) is 7.33. The Labute approximate surface area is 141 Å². The molecule has 1 aromatic carbocycles. The molecule has 0 saturated heterocycles. The van der Waals surface area contributed by atoms with E-state index < -0.39 is 5.97 Å². The number of rotatable bonds is 3. The molecule has 0 radical (unpaired) electrons. The third kappa shape index (κ3) is 2.98. The van der Waals surface area contributed by atoms with Crippen molar-refractivity contribution in [2.24, 2.45) is 0 Å². The van der Waals surface area contributed by atoms with E-state index >= 15 is 0 Å². The van der Waals surface area contributed by atoms with Crippen molar-refractivity contribution in [3.63, 3.8) is 0 Å². The summed E-state index contributed by atoms with van der Waals surface area (Å²) in [6.07, 6.45) is 1.94. The van der Waals surface area contributed by atoms with Gasteiger partial charge in [-0.05, 0) is 23.8 Å². The third-order valence-electron chi connectivity index (χ3n) is 4.46. The topological polar surface area (TPSA) is 72.2 Å². The van der Waals surface area contributed by atoms with Crippen LogP contribution >= 0.6 is 0 Å². The molecule has 0 amide bonds. The third-order valence-corrected chi connectivity index (χ3v) is 4.46. The maximum absolute atomic E-state index is 12.4. The minimum atomic E-state index is -0.951. The molecule has 0 unspecified atom stereocenters. The van der Waals surface area contributed by atoms with Crippen LogP contribution in [0.2, 0.25) is 0 Å². The Balaban J connectivity index is 2.09. The highest BCUT2D eigenvalue weighted by atomic mass is 16.4. The van der Waals surface area contributed by atoms with Gasteiger partial charge < -0.3 is 5.11 Å². The predicted octanol–water partition coefficient (Wildman–Crippen LogP) is 3.45. The van der Waals surface area contributed by atoms with Crippen molar-refractivity contribution in [3.05, 3.63) is 41.1 Å². The molecule has 0 fully saturated rings. The Hall–Kier alpha value is -2.43. The van der Waals surface area contributed by atoms with Gasteiger partial charge in [-0.3, -0.25) is 14.3 Å². The molecule has 0 aliphatic heterocycles. The number of aliphatic carboxylic acids is 1. The first-order chi connectivity index (χ1) is 11.3. The van der Waals surface area contributed by atoms with Crippen molar-refractivity contribution in [2.45, 2.75) is 52.0 Å². The van der Waals surface area contributed by atoms with Crippen molar-refractivity contribution in [2.75, 3.05) is 0 Å². The number of hydrogen-bond acceptors (Lipinski definition) is 3. The molecule has 1 N–H and O–H groups in total. The number of Topliss-reactive ketones (excluding diaryl/α,β-unsaturated/α-hetero) is 1. The van der Waals surface area contributed by atoms with Crippen LogP contribution in [0.5, 0.6) is 0 Å². The summed E-state index contributed by atoms with van der Waals surface area (Å²) in [5.74, 6) is -0.893. The van der Waals surface area contributed by atoms with Crippen LogP contribution in [0.3, 0.4) is 0 Å². The Morgan fingerprint density at radius 3 is 2.46 bits per heavy atom. The van der Waals surface area contributed by atoms with Gasteiger partial charge in [0.05, 0.1) is 11.3 Å². The van der Waals surface area contributed by atoms with Crippen molar-refractivity contribution >= 4 is 11.8 Å². The molecule has 5 heteroatoms. The van der Waals surface area contributed by atoms with E-state index in [0.717, 1.165) is 17.7 Å². The summed E-state index contributed by atoms with van der Waals surface area (Å²) in [5.41, 5.74) is 4.08. The van der Waals surface area contributed by atoms with Crippen molar-refractivity contribution < 1.29 is 14.7 Å². The standard InChI is InChI=1S/C19H22N2O3/c1-19(2,3)13-9-7-12(8-10-13)18-17-14(5-4-6-15(17)22)21(20-18)11-16(23)24/h7-10H,4-6,11H2,1-3H3,(H,23,24). The number of aromatic nitrogens is 2. The lowest BCUT2D eigenvalue weighted by molar-refractivity contribution is -0.137. The smallest absolute Gasteiger partial charge is 0.325 e. The molecule has 5 nitrogen and oxygen atoms in total. The molecule has 1 aromatic heterocycles. The monoisotopic (exact) mass is 326 g/mol. The SMILES string of the molecule is CC(C)(C)c1ccc(-c2nn(CC(=O)O)c3c2C(=O)CCC3)cc1. The molecule has 1 heterocycles. The summed E-state index contributed by atoms with van der Waals surface area (Å²) in [6, 6.07) is 8.03. The van der Waals surface area contributed by atoms with Gasteiger partial charge in [0, 0.05) is 12.0 Å². The van der Waals surface area contributed by atoms with E-state index in [9.17, 15) is 9.59 Å². The van der Waals surface area contributed by atoms with Gasteiger partial charge in [-0.2, -0.15) is 5.10 Å². The van der Waals surface area contributed by atoms with Crippen LogP contribution < -0.4 is 0 Å². The van der Waals surface area contributed by atoms with Crippen LogP contribution in [0.25, 0.3) is 11.3 Å². The van der Waals surface area contributed by atoms with Crippen molar-refractivity contribution in [1.82, 2.24) is 9.78 Å². The van der Waals surface area contributed by atoms with E-state index in [2.05, 4.69) is 25.9 Å². The minimum absolute atomic E-state index is 0.0520. The van der Waals surface area contributed by atoms with Crippen LogP contribution in [0.15, 0.2) is 24.3 Å². The normalized spacial score (nSPS) is 14.5. The highest BCUT2D eigenvalue weighted by Crippen LogP contribution is 2.32. The fourth-order valence-corrected chi connectivity index (χ4v) is 3.17. The lowest BCUT2D eigenvalue weighted by Gasteiger charge is -2.19. The molecular weight excluding hydrogens is 304 g/mol. The van der Waals surface area contributed by atoms with Gasteiger partial charge in [0.15, 0.2) is 5.78 Å². The lowest BCUT2D eigenvalue weighted by Crippen LogP contribution is -2.17. The zero-order valence-corrected chi connectivity index (χ0v) is 14.3. The number of carbonyl (C=O) groups excluding carboxylic acids is 1. The van der Waals surface area contributed by atoms with E-state index in [1.165, 1.54) is 10.2 Å². The van der Waals surface area contributed by atoms with Gasteiger partial charge in [0.25, 0.3) is 0 Å². The average molecular weight is 326 g/mol. The lowest BCUT2D eigenvalue weighted by atomic mass is 9.86. The molecule has 2 aromatic rings. The number of hydrogen-bond donors (Lipinski definition) is 1. The average Bonchev–Trinajstić information content (AvgIpc) is 2.86. The van der Waals surface area contributed by atoms with E-state index in [4.69, 9.17) is 5.11 Å². The molecule has 0 saturated carbocycles. The maximum atomic E-state index is 12.4. The Morgan fingerprint density at radius 1 is 1.21 bits per heavy atom. The largest absolute Gasteiger partial charge is 0.480 e. The fraction of sp³-hybridized carbons (Fsp3) is 0.421. The molecule has 24 heavy (non-hydrogen) atoms. The first-order valence-electron chi connectivity index (χ1n) is 8.23. The van der Waals surface area contributed by atoms with Gasteiger partial charge in [-0.25, -0.2) is 0 Å². The number of benzene rings is 1. The zero-order chi connectivity index (χ0) is 17.5. The number of ketones is 1. The van der Waals surface area contributed by atoms with E-state index in [-0.39, 0.29) is 17.7 Å². The summed E-state index contributed by atoms with van der Waals surface area (Å²) in [4.78, 5) is 23.5. The molecule has 126 valence electrons. The second-order valence-electron chi connectivity index (χ2n) is 7.33. The number of carboxylic acid groups (broad SMARTS) is 1. The van der Waals surface area contributed by atoms with Gasteiger partial charge in [0.1, 0.15) is 12.2 Å². The predicted molar refractivity (Wildman–Crippen MR) is 91.3 cm³/mol. The maximum Gasteiger partial charge on any atom is 0.325 e. The summed E-state index contributed by atoms with van der Waals surface area (Å²) in [6.45, 7) is 6.23.